The minimum Gasteiger partial charge on any atom is -0.508 e. The molecule has 0 aliphatic heterocycles. The number of hydrogen-bond donors (Lipinski definition) is 2. The average Bonchev–Trinajstić information content (AvgIpc) is 2.98. The van der Waals surface area contributed by atoms with Gasteiger partial charge in [-0.25, -0.2) is 0 Å². The Hall–Kier alpha value is -2.80. The molecule has 0 saturated carbocycles. The molecule has 1 heterocycles. The zero-order valence-electron chi connectivity index (χ0n) is 12.1. The summed E-state index contributed by atoms with van der Waals surface area (Å²) in [4.78, 5) is 11.1. The van der Waals surface area contributed by atoms with E-state index in [-0.39, 0.29) is 11.5 Å². The highest BCUT2D eigenvalue weighted by atomic mass is 32.2. The zero-order chi connectivity index (χ0) is 16.2. The summed E-state index contributed by atoms with van der Waals surface area (Å²) in [7, 11) is 0. The van der Waals surface area contributed by atoms with Crippen molar-refractivity contribution in [2.24, 2.45) is 5.73 Å². The highest BCUT2D eigenvalue weighted by molar-refractivity contribution is 7.99. The standard InChI is InChI=1S/C16H14N4O2S/c17-14(22)10-23-16-19-18-15(11-6-8-13(21)9-7-11)20(16)12-4-2-1-3-5-12/h1-9,21H,10H2,(H2,17,22). The predicted molar refractivity (Wildman–Crippen MR) is 88.4 cm³/mol. The molecule has 6 nitrogen and oxygen atoms in total. The van der Waals surface area contributed by atoms with Crippen molar-refractivity contribution in [1.82, 2.24) is 14.8 Å². The number of amides is 1. The Kier molecular flexibility index (Phi) is 4.29. The number of primary amides is 1. The van der Waals surface area contributed by atoms with Crippen molar-refractivity contribution in [3.63, 3.8) is 0 Å². The maximum absolute atomic E-state index is 11.1. The molecule has 0 unspecified atom stereocenters. The van der Waals surface area contributed by atoms with Crippen molar-refractivity contribution in [1.29, 1.82) is 0 Å². The molecule has 23 heavy (non-hydrogen) atoms. The first-order valence-electron chi connectivity index (χ1n) is 6.86. The van der Waals surface area contributed by atoms with Crippen molar-refractivity contribution < 1.29 is 9.90 Å². The van der Waals surface area contributed by atoms with E-state index in [1.54, 1.807) is 24.3 Å². The SMILES string of the molecule is NC(=O)CSc1nnc(-c2ccc(O)cc2)n1-c1ccccc1. The largest absolute Gasteiger partial charge is 0.508 e. The summed E-state index contributed by atoms with van der Waals surface area (Å²) in [6.45, 7) is 0. The van der Waals surface area contributed by atoms with E-state index in [9.17, 15) is 9.90 Å². The predicted octanol–water partition coefficient (Wildman–Crippen LogP) is 2.22. The number of hydrogen-bond acceptors (Lipinski definition) is 5. The number of nitrogens with two attached hydrogens (primary N) is 1. The minimum atomic E-state index is -0.413. The molecular weight excluding hydrogens is 312 g/mol. The number of nitrogens with zero attached hydrogens (tertiary/aromatic N) is 3. The van der Waals surface area contributed by atoms with Crippen LogP contribution < -0.4 is 5.73 Å². The van der Waals surface area contributed by atoms with Crippen LogP contribution in [0.3, 0.4) is 0 Å². The zero-order valence-corrected chi connectivity index (χ0v) is 12.9. The third-order valence-electron chi connectivity index (χ3n) is 3.12. The van der Waals surface area contributed by atoms with E-state index in [0.29, 0.717) is 11.0 Å². The average molecular weight is 326 g/mol. The summed E-state index contributed by atoms with van der Waals surface area (Å²) in [5.41, 5.74) is 6.91. The summed E-state index contributed by atoms with van der Waals surface area (Å²) >= 11 is 1.23. The molecule has 0 aliphatic carbocycles. The first-order valence-corrected chi connectivity index (χ1v) is 7.85. The molecule has 1 aromatic heterocycles. The van der Waals surface area contributed by atoms with Gasteiger partial charge in [0.05, 0.1) is 5.75 Å². The Morgan fingerprint density at radius 2 is 1.78 bits per heavy atom. The molecule has 116 valence electrons. The van der Waals surface area contributed by atoms with Gasteiger partial charge in [0.1, 0.15) is 5.75 Å². The van der Waals surface area contributed by atoms with E-state index in [4.69, 9.17) is 5.73 Å². The molecule has 7 heteroatoms. The Morgan fingerprint density at radius 1 is 1.09 bits per heavy atom. The van der Waals surface area contributed by atoms with Crippen molar-refractivity contribution in [2.75, 3.05) is 5.75 Å². The van der Waals surface area contributed by atoms with Gasteiger partial charge in [0.25, 0.3) is 0 Å². The fourth-order valence-corrected chi connectivity index (χ4v) is 2.80. The van der Waals surface area contributed by atoms with Crippen LogP contribution in [0, 0.1) is 0 Å². The topological polar surface area (TPSA) is 94.0 Å². The van der Waals surface area contributed by atoms with Crippen LogP contribution in [-0.2, 0) is 4.79 Å². The second-order valence-corrected chi connectivity index (χ2v) is 5.72. The van der Waals surface area contributed by atoms with Gasteiger partial charge in [0, 0.05) is 11.3 Å². The third kappa shape index (κ3) is 3.35. The lowest BCUT2D eigenvalue weighted by Crippen LogP contribution is -2.13. The lowest BCUT2D eigenvalue weighted by Gasteiger charge is -2.09. The monoisotopic (exact) mass is 326 g/mol. The van der Waals surface area contributed by atoms with Crippen LogP contribution in [0.1, 0.15) is 0 Å². The molecule has 3 rings (SSSR count). The molecule has 3 aromatic rings. The smallest absolute Gasteiger partial charge is 0.227 e. The van der Waals surface area contributed by atoms with Crippen molar-refractivity contribution in [2.45, 2.75) is 5.16 Å². The van der Waals surface area contributed by atoms with E-state index < -0.39 is 5.91 Å². The number of phenols is 1. The van der Waals surface area contributed by atoms with Gasteiger partial charge in [-0.1, -0.05) is 30.0 Å². The van der Waals surface area contributed by atoms with Gasteiger partial charge < -0.3 is 10.8 Å². The van der Waals surface area contributed by atoms with Gasteiger partial charge in [0.2, 0.25) is 5.91 Å². The first kappa shape index (κ1) is 15.1. The molecule has 2 aromatic carbocycles. The number of aromatic nitrogens is 3. The minimum absolute atomic E-state index is 0.126. The quantitative estimate of drug-likeness (QED) is 0.701. The van der Waals surface area contributed by atoms with Gasteiger partial charge >= 0.3 is 0 Å². The number of thioether (sulfide) groups is 1. The molecule has 0 fully saturated rings. The lowest BCUT2D eigenvalue weighted by molar-refractivity contribution is -0.115. The van der Waals surface area contributed by atoms with Gasteiger partial charge in [-0.2, -0.15) is 0 Å². The molecule has 0 spiro atoms. The van der Waals surface area contributed by atoms with Crippen LogP contribution >= 0.6 is 11.8 Å². The second kappa shape index (κ2) is 6.53. The molecule has 0 bridgehead atoms. The number of para-hydroxylation sites is 1. The fourth-order valence-electron chi connectivity index (χ4n) is 2.11. The second-order valence-electron chi connectivity index (χ2n) is 4.78. The molecule has 0 atom stereocenters. The van der Waals surface area contributed by atoms with Crippen LogP contribution in [-0.4, -0.2) is 31.5 Å². The summed E-state index contributed by atoms with van der Waals surface area (Å²) in [5, 5.41) is 18.4. The Balaban J connectivity index is 2.09. The fraction of sp³-hybridized carbons (Fsp3) is 0.0625. The number of carbonyl (C=O) groups excluding carboxylic acids is 1. The number of phenolic OH excluding ortho intramolecular Hbond substituents is 1. The number of aromatic hydroxyl groups is 1. The Morgan fingerprint density at radius 3 is 2.43 bits per heavy atom. The Bertz CT molecular complexity index is 816. The molecule has 3 N–H and O–H groups in total. The molecule has 0 radical (unpaired) electrons. The van der Waals surface area contributed by atoms with Crippen molar-refractivity contribution in [3.05, 3.63) is 54.6 Å². The van der Waals surface area contributed by atoms with E-state index in [1.165, 1.54) is 11.8 Å². The maximum atomic E-state index is 11.1. The summed E-state index contributed by atoms with van der Waals surface area (Å²) < 4.78 is 1.86. The van der Waals surface area contributed by atoms with Gasteiger partial charge in [-0.05, 0) is 36.4 Å². The van der Waals surface area contributed by atoms with Gasteiger partial charge in [0.15, 0.2) is 11.0 Å². The number of benzene rings is 2. The molecule has 0 aliphatic rings. The summed E-state index contributed by atoms with van der Waals surface area (Å²) in [5.74, 6) is 0.524. The first-order chi connectivity index (χ1) is 11.1. The maximum Gasteiger partial charge on any atom is 0.227 e. The van der Waals surface area contributed by atoms with E-state index in [1.807, 2.05) is 34.9 Å². The molecule has 1 amide bonds. The van der Waals surface area contributed by atoms with E-state index in [2.05, 4.69) is 10.2 Å². The van der Waals surface area contributed by atoms with Crippen LogP contribution in [0.25, 0.3) is 17.1 Å². The van der Waals surface area contributed by atoms with Crippen LogP contribution in [0.5, 0.6) is 5.75 Å². The van der Waals surface area contributed by atoms with Crippen LogP contribution in [0.4, 0.5) is 0 Å². The van der Waals surface area contributed by atoms with E-state index in [0.717, 1.165) is 11.3 Å². The number of rotatable bonds is 5. The van der Waals surface area contributed by atoms with Gasteiger partial charge in [-0.15, -0.1) is 10.2 Å². The lowest BCUT2D eigenvalue weighted by atomic mass is 10.2. The molecular formula is C16H14N4O2S. The normalized spacial score (nSPS) is 10.6. The number of carbonyl (C=O) groups is 1. The van der Waals surface area contributed by atoms with E-state index >= 15 is 0 Å². The van der Waals surface area contributed by atoms with Crippen LogP contribution in [0.15, 0.2) is 59.8 Å². The molecule has 0 saturated heterocycles. The van der Waals surface area contributed by atoms with Crippen LogP contribution in [0.2, 0.25) is 0 Å². The highest BCUT2D eigenvalue weighted by Crippen LogP contribution is 2.28. The summed E-state index contributed by atoms with van der Waals surface area (Å²) in [6.07, 6.45) is 0. The summed E-state index contributed by atoms with van der Waals surface area (Å²) in [6, 6.07) is 16.3. The highest BCUT2D eigenvalue weighted by Gasteiger charge is 2.16. The Labute approximate surface area is 137 Å². The van der Waals surface area contributed by atoms with Crippen molar-refractivity contribution in [3.8, 4) is 22.8 Å². The third-order valence-corrected chi connectivity index (χ3v) is 4.07. The van der Waals surface area contributed by atoms with Crippen molar-refractivity contribution >= 4 is 17.7 Å². The van der Waals surface area contributed by atoms with Gasteiger partial charge in [-0.3, -0.25) is 9.36 Å².